The van der Waals surface area contributed by atoms with Crippen LogP contribution in [0.25, 0.3) is 32.8 Å². The van der Waals surface area contributed by atoms with Gasteiger partial charge in [-0.25, -0.2) is 17.6 Å². The second kappa shape index (κ2) is 12.0. The predicted molar refractivity (Wildman–Crippen MR) is 174 cm³/mol. The average molecular weight is 646 g/mol. The largest absolute Gasteiger partial charge is 0.508 e. The van der Waals surface area contributed by atoms with Crippen LogP contribution in [0.1, 0.15) is 38.2 Å². The maximum absolute atomic E-state index is 16.9. The number of aromatic hydroxyl groups is 1. The van der Waals surface area contributed by atoms with Crippen LogP contribution in [0.2, 0.25) is 0 Å². The molecule has 3 aliphatic heterocycles. The molecule has 0 radical (unpaired) electrons. The van der Waals surface area contributed by atoms with Crippen molar-refractivity contribution < 1.29 is 27.4 Å². The minimum absolute atomic E-state index is 0.0546. The fourth-order valence-corrected chi connectivity index (χ4v) is 7.67. The first kappa shape index (κ1) is 31.2. The van der Waals surface area contributed by atoms with Gasteiger partial charge in [-0.3, -0.25) is 0 Å². The second-order valence-electron chi connectivity index (χ2n) is 13.0. The fourth-order valence-electron chi connectivity index (χ4n) is 7.67. The van der Waals surface area contributed by atoms with E-state index in [1.54, 1.807) is 0 Å². The maximum Gasteiger partial charge on any atom is 0.319 e. The number of aromatic nitrogens is 2. The number of piperidine rings is 1. The molecule has 3 atom stereocenters. The number of ether oxygens (including phenoxy) is 1. The minimum Gasteiger partial charge on any atom is -0.508 e. The SMILES string of the molecule is C#Cc1c(F)ccc2cc(O)cc(-c3c(F)cc4c(N5C[C@H]6CC[C@@H](C5)N6)nc(OC[C@]5(CC)CN(C)CC/C5=C\F)nc4c3F)c12. The van der Waals surface area contributed by atoms with E-state index in [9.17, 15) is 13.9 Å². The van der Waals surface area contributed by atoms with Crippen molar-refractivity contribution in [2.45, 2.75) is 44.7 Å². The number of nitrogens with zero attached hydrogens (tertiary/aromatic N) is 4. The molecular weight excluding hydrogens is 610 g/mol. The fraction of sp³-hybridized carbons (Fsp3) is 0.389. The van der Waals surface area contributed by atoms with Gasteiger partial charge in [0.1, 0.15) is 35.3 Å². The zero-order valence-electron chi connectivity index (χ0n) is 26.2. The van der Waals surface area contributed by atoms with Crippen LogP contribution in [0.15, 0.2) is 42.2 Å². The number of anilines is 1. The van der Waals surface area contributed by atoms with Crippen LogP contribution in [0.4, 0.5) is 23.4 Å². The van der Waals surface area contributed by atoms with Crippen LogP contribution in [0.3, 0.4) is 0 Å². The highest BCUT2D eigenvalue weighted by Crippen LogP contribution is 2.43. The highest BCUT2D eigenvalue weighted by molar-refractivity contribution is 6.04. The van der Waals surface area contributed by atoms with Gasteiger partial charge in [-0.15, -0.1) is 6.42 Å². The van der Waals surface area contributed by atoms with E-state index in [0.717, 1.165) is 18.9 Å². The van der Waals surface area contributed by atoms with Crippen molar-refractivity contribution in [3.05, 3.63) is 65.2 Å². The summed E-state index contributed by atoms with van der Waals surface area (Å²) in [4.78, 5) is 13.3. The normalized spacial score (nSPS) is 23.9. The number of nitrogens with one attached hydrogen (secondary N) is 1. The number of phenols is 1. The van der Waals surface area contributed by atoms with E-state index in [1.165, 1.54) is 24.3 Å². The van der Waals surface area contributed by atoms with E-state index in [1.807, 2.05) is 18.9 Å². The average Bonchev–Trinajstić information content (AvgIpc) is 3.40. The summed E-state index contributed by atoms with van der Waals surface area (Å²) in [6.45, 7) is 4.45. The Bertz CT molecular complexity index is 1970. The van der Waals surface area contributed by atoms with Crippen LogP contribution in [0, 0.1) is 35.2 Å². The number of halogens is 4. The molecule has 244 valence electrons. The third-order valence-electron chi connectivity index (χ3n) is 10.1. The molecule has 3 saturated heterocycles. The van der Waals surface area contributed by atoms with Gasteiger partial charge < -0.3 is 25.0 Å². The Morgan fingerprint density at radius 1 is 1.13 bits per heavy atom. The summed E-state index contributed by atoms with van der Waals surface area (Å²) in [5.41, 5.74) is -1.01. The molecular formula is C36H35F4N5O2. The smallest absolute Gasteiger partial charge is 0.319 e. The summed E-state index contributed by atoms with van der Waals surface area (Å²) < 4.78 is 68.3. The molecule has 0 unspecified atom stereocenters. The summed E-state index contributed by atoms with van der Waals surface area (Å²) in [7, 11) is 1.97. The Kier molecular flexibility index (Phi) is 7.97. The lowest BCUT2D eigenvalue weighted by atomic mass is 9.74. The van der Waals surface area contributed by atoms with Crippen molar-refractivity contribution in [1.82, 2.24) is 20.2 Å². The van der Waals surface area contributed by atoms with Gasteiger partial charge in [0, 0.05) is 60.0 Å². The Balaban J connectivity index is 1.41. The minimum atomic E-state index is -1.03. The van der Waals surface area contributed by atoms with Gasteiger partial charge in [0.15, 0.2) is 5.82 Å². The van der Waals surface area contributed by atoms with Gasteiger partial charge in [0.05, 0.1) is 17.5 Å². The third-order valence-corrected chi connectivity index (χ3v) is 10.1. The summed E-state index contributed by atoms with van der Waals surface area (Å²) in [5, 5.41) is 14.6. The van der Waals surface area contributed by atoms with Gasteiger partial charge in [-0.2, -0.15) is 9.97 Å². The van der Waals surface area contributed by atoms with Crippen molar-refractivity contribution in [2.24, 2.45) is 5.41 Å². The van der Waals surface area contributed by atoms with Crippen LogP contribution in [0.5, 0.6) is 11.8 Å². The Morgan fingerprint density at radius 2 is 1.89 bits per heavy atom. The number of phenolic OH excluding ortho intramolecular Hbond substituents is 1. The molecule has 47 heavy (non-hydrogen) atoms. The van der Waals surface area contributed by atoms with Crippen molar-refractivity contribution in [1.29, 1.82) is 0 Å². The molecule has 11 heteroatoms. The number of hydrogen-bond donors (Lipinski definition) is 2. The number of benzene rings is 3. The standard InChI is InChI=1S/C36H35F4N5O2/c1-4-25-28(38)9-6-20-12-24(46)13-26(30(20)25)31-29(39)14-27-33(32(31)40)42-35(43-34(27)45-16-22-7-8-23(17-45)41-22)47-19-36(5-2)18-44(3)11-10-21(36)15-37/h1,6,9,12-15,22-23,41,46H,5,7-8,10-11,16-19H2,2-3H3/b21-15+/t22-,23+,36-/m0/s1. The summed E-state index contributed by atoms with van der Waals surface area (Å²) in [6.07, 6.45) is 9.40. The monoisotopic (exact) mass is 645 g/mol. The van der Waals surface area contributed by atoms with E-state index in [-0.39, 0.29) is 57.9 Å². The van der Waals surface area contributed by atoms with Crippen LogP contribution in [-0.2, 0) is 0 Å². The Labute approximate surface area is 270 Å². The molecule has 0 amide bonds. The molecule has 7 nitrogen and oxygen atoms in total. The molecule has 1 aromatic heterocycles. The predicted octanol–water partition coefficient (Wildman–Crippen LogP) is 6.46. The van der Waals surface area contributed by atoms with E-state index in [4.69, 9.17) is 16.1 Å². The summed E-state index contributed by atoms with van der Waals surface area (Å²) in [6, 6.07) is 6.51. The highest BCUT2D eigenvalue weighted by atomic mass is 19.1. The number of piperazine rings is 1. The molecule has 2 N–H and O–H groups in total. The molecule has 4 heterocycles. The van der Waals surface area contributed by atoms with Gasteiger partial charge in [0.2, 0.25) is 0 Å². The number of terminal acetylenes is 1. The molecule has 3 aliphatic rings. The zero-order valence-corrected chi connectivity index (χ0v) is 26.2. The van der Waals surface area contributed by atoms with Crippen molar-refractivity contribution in [2.75, 3.05) is 44.7 Å². The molecule has 3 fully saturated rings. The number of likely N-dealkylation sites (tertiary alicyclic amines) is 1. The van der Waals surface area contributed by atoms with Crippen LogP contribution < -0.4 is 15.0 Å². The Hall–Kier alpha value is -4.40. The lowest BCUT2D eigenvalue weighted by Crippen LogP contribution is -2.51. The first-order chi connectivity index (χ1) is 22.6. The molecule has 7 rings (SSSR count). The highest BCUT2D eigenvalue weighted by Gasteiger charge is 2.39. The second-order valence-corrected chi connectivity index (χ2v) is 13.0. The first-order valence-electron chi connectivity index (χ1n) is 15.9. The van der Waals surface area contributed by atoms with E-state index in [2.05, 4.69) is 21.1 Å². The van der Waals surface area contributed by atoms with Crippen LogP contribution in [-0.4, -0.2) is 71.9 Å². The molecule has 0 spiro atoms. The number of hydrogen-bond acceptors (Lipinski definition) is 7. The summed E-state index contributed by atoms with van der Waals surface area (Å²) in [5.74, 6) is -0.361. The van der Waals surface area contributed by atoms with E-state index >= 15 is 8.78 Å². The van der Waals surface area contributed by atoms with E-state index in [0.29, 0.717) is 62.1 Å². The quantitative estimate of drug-likeness (QED) is 0.184. The van der Waals surface area contributed by atoms with Gasteiger partial charge in [-0.1, -0.05) is 18.9 Å². The lowest BCUT2D eigenvalue weighted by Gasteiger charge is -2.42. The lowest BCUT2D eigenvalue weighted by molar-refractivity contribution is 0.0913. The van der Waals surface area contributed by atoms with Crippen LogP contribution >= 0.6 is 0 Å². The topological polar surface area (TPSA) is 73.8 Å². The summed E-state index contributed by atoms with van der Waals surface area (Å²) >= 11 is 0. The molecule has 0 saturated carbocycles. The third kappa shape index (κ3) is 5.33. The zero-order chi connectivity index (χ0) is 33.0. The molecule has 0 aliphatic carbocycles. The molecule has 2 bridgehead atoms. The van der Waals surface area contributed by atoms with E-state index < -0.39 is 28.4 Å². The van der Waals surface area contributed by atoms with Crippen molar-refractivity contribution in [3.8, 4) is 35.2 Å². The Morgan fingerprint density at radius 3 is 2.60 bits per heavy atom. The number of rotatable bonds is 6. The van der Waals surface area contributed by atoms with Gasteiger partial charge in [-0.05, 0) is 68.0 Å². The number of fused-ring (bicyclic) bond motifs is 4. The maximum atomic E-state index is 16.9. The first-order valence-corrected chi connectivity index (χ1v) is 15.9. The van der Waals surface area contributed by atoms with Crippen molar-refractivity contribution >= 4 is 27.5 Å². The van der Waals surface area contributed by atoms with Gasteiger partial charge in [0.25, 0.3) is 0 Å². The molecule has 3 aromatic carbocycles. The molecule has 4 aromatic rings. The van der Waals surface area contributed by atoms with Crippen molar-refractivity contribution in [3.63, 3.8) is 0 Å². The van der Waals surface area contributed by atoms with Gasteiger partial charge >= 0.3 is 6.01 Å².